The van der Waals surface area contributed by atoms with Gasteiger partial charge in [0.25, 0.3) is 0 Å². The fraction of sp³-hybridized carbons (Fsp3) is 0.846. The Balaban J connectivity index is 2.02. The fourth-order valence-electron chi connectivity index (χ4n) is 2.66. The lowest BCUT2D eigenvalue weighted by molar-refractivity contribution is 0.0723. The second kappa shape index (κ2) is 5.36. The SMILES string of the molecule is Cn1ncnc1CC(N)C(C)(C)N1CCCCC1. The summed E-state index contributed by atoms with van der Waals surface area (Å²) in [5, 5.41) is 4.10. The van der Waals surface area contributed by atoms with Crippen LogP contribution in [0, 0.1) is 0 Å². The van der Waals surface area contributed by atoms with Crippen LogP contribution in [-0.2, 0) is 13.5 Å². The minimum Gasteiger partial charge on any atom is -0.326 e. The van der Waals surface area contributed by atoms with Gasteiger partial charge in [-0.15, -0.1) is 0 Å². The van der Waals surface area contributed by atoms with Gasteiger partial charge in [0.2, 0.25) is 0 Å². The van der Waals surface area contributed by atoms with Crippen LogP contribution >= 0.6 is 0 Å². The quantitative estimate of drug-likeness (QED) is 0.865. The van der Waals surface area contributed by atoms with Crippen LogP contribution in [0.5, 0.6) is 0 Å². The third-order valence-corrected chi connectivity index (χ3v) is 4.29. The van der Waals surface area contributed by atoms with E-state index in [9.17, 15) is 0 Å². The van der Waals surface area contributed by atoms with Crippen molar-refractivity contribution in [3.63, 3.8) is 0 Å². The zero-order chi connectivity index (χ0) is 13.2. The maximum absolute atomic E-state index is 6.42. The molecular weight excluding hydrogens is 226 g/mol. The molecule has 18 heavy (non-hydrogen) atoms. The van der Waals surface area contributed by atoms with E-state index >= 15 is 0 Å². The van der Waals surface area contributed by atoms with Gasteiger partial charge in [-0.3, -0.25) is 9.58 Å². The van der Waals surface area contributed by atoms with Crippen molar-refractivity contribution in [1.82, 2.24) is 19.7 Å². The van der Waals surface area contributed by atoms with E-state index in [1.807, 2.05) is 11.7 Å². The lowest BCUT2D eigenvalue weighted by Crippen LogP contribution is -2.58. The van der Waals surface area contributed by atoms with Crippen LogP contribution in [0.3, 0.4) is 0 Å². The van der Waals surface area contributed by atoms with Gasteiger partial charge < -0.3 is 5.73 Å². The van der Waals surface area contributed by atoms with Crippen molar-refractivity contribution in [2.45, 2.75) is 51.1 Å². The van der Waals surface area contributed by atoms with Gasteiger partial charge in [-0.2, -0.15) is 5.10 Å². The van der Waals surface area contributed by atoms with E-state index < -0.39 is 0 Å². The number of aromatic nitrogens is 3. The minimum atomic E-state index is 0.0202. The Kier molecular flexibility index (Phi) is 4.02. The summed E-state index contributed by atoms with van der Waals surface area (Å²) in [6.45, 7) is 6.83. The molecule has 0 bridgehead atoms. The van der Waals surface area contributed by atoms with Crippen LogP contribution in [0.1, 0.15) is 38.9 Å². The summed E-state index contributed by atoms with van der Waals surface area (Å²) in [6.07, 6.45) is 6.31. The monoisotopic (exact) mass is 251 g/mol. The van der Waals surface area contributed by atoms with E-state index in [-0.39, 0.29) is 11.6 Å². The molecule has 0 radical (unpaired) electrons. The maximum atomic E-state index is 6.42. The predicted molar refractivity (Wildman–Crippen MR) is 72.2 cm³/mol. The highest BCUT2D eigenvalue weighted by atomic mass is 15.3. The molecule has 1 atom stereocenters. The van der Waals surface area contributed by atoms with Crippen LogP contribution in [-0.4, -0.2) is 44.3 Å². The number of aryl methyl sites for hydroxylation is 1. The van der Waals surface area contributed by atoms with Gasteiger partial charge in [0.1, 0.15) is 12.2 Å². The molecular formula is C13H25N5. The third-order valence-electron chi connectivity index (χ3n) is 4.29. The highest BCUT2D eigenvalue weighted by Crippen LogP contribution is 2.24. The number of rotatable bonds is 4. The maximum Gasteiger partial charge on any atom is 0.138 e. The van der Waals surface area contributed by atoms with Gasteiger partial charge in [-0.05, 0) is 39.8 Å². The van der Waals surface area contributed by atoms with Crippen molar-refractivity contribution in [3.05, 3.63) is 12.2 Å². The van der Waals surface area contributed by atoms with E-state index in [4.69, 9.17) is 5.73 Å². The summed E-state index contributed by atoms with van der Waals surface area (Å²) in [6, 6.07) is 0.0819. The first kappa shape index (κ1) is 13.5. The number of nitrogens with two attached hydrogens (primary N) is 1. The molecule has 0 aliphatic carbocycles. The van der Waals surface area contributed by atoms with Crippen LogP contribution < -0.4 is 5.73 Å². The number of hydrogen-bond acceptors (Lipinski definition) is 4. The molecule has 0 aromatic carbocycles. The molecule has 0 saturated carbocycles. The smallest absolute Gasteiger partial charge is 0.138 e. The second-order valence-electron chi connectivity index (χ2n) is 5.81. The summed E-state index contributed by atoms with van der Waals surface area (Å²) in [4.78, 5) is 6.79. The van der Waals surface area contributed by atoms with Crippen LogP contribution in [0.15, 0.2) is 6.33 Å². The molecule has 1 aromatic heterocycles. The molecule has 1 aliphatic heterocycles. The number of nitrogens with zero attached hydrogens (tertiary/aromatic N) is 4. The molecule has 2 rings (SSSR count). The Hall–Kier alpha value is -0.940. The van der Waals surface area contributed by atoms with E-state index in [1.165, 1.54) is 32.4 Å². The topological polar surface area (TPSA) is 60.0 Å². The molecule has 102 valence electrons. The van der Waals surface area contributed by atoms with Crippen molar-refractivity contribution < 1.29 is 0 Å². The van der Waals surface area contributed by atoms with Crippen LogP contribution in [0.4, 0.5) is 0 Å². The third kappa shape index (κ3) is 2.72. The molecule has 1 aliphatic rings. The Bertz CT molecular complexity index is 378. The van der Waals surface area contributed by atoms with Crippen molar-refractivity contribution in [3.8, 4) is 0 Å². The van der Waals surface area contributed by atoms with Crippen molar-refractivity contribution in [2.24, 2.45) is 12.8 Å². The summed E-state index contributed by atoms with van der Waals surface area (Å²) < 4.78 is 1.81. The average molecular weight is 251 g/mol. The molecule has 0 spiro atoms. The van der Waals surface area contributed by atoms with E-state index in [0.717, 1.165) is 12.2 Å². The number of piperidine rings is 1. The standard InChI is InChI=1S/C13H25N5/c1-13(2,18-7-5-4-6-8-18)11(14)9-12-15-10-16-17(12)3/h10-11H,4-9,14H2,1-3H3. The van der Waals surface area contributed by atoms with Gasteiger partial charge in [0.15, 0.2) is 0 Å². The first-order chi connectivity index (χ1) is 8.51. The first-order valence-corrected chi connectivity index (χ1v) is 6.85. The van der Waals surface area contributed by atoms with Crippen molar-refractivity contribution in [2.75, 3.05) is 13.1 Å². The van der Waals surface area contributed by atoms with Crippen molar-refractivity contribution in [1.29, 1.82) is 0 Å². The van der Waals surface area contributed by atoms with E-state index in [0.29, 0.717) is 0 Å². The minimum absolute atomic E-state index is 0.0202. The zero-order valence-electron chi connectivity index (χ0n) is 11.8. The molecule has 1 fully saturated rings. The van der Waals surface area contributed by atoms with Gasteiger partial charge in [0, 0.05) is 25.0 Å². The van der Waals surface area contributed by atoms with Gasteiger partial charge in [0.05, 0.1) is 0 Å². The molecule has 5 nitrogen and oxygen atoms in total. The number of likely N-dealkylation sites (tertiary alicyclic amines) is 1. The summed E-state index contributed by atoms with van der Waals surface area (Å²) >= 11 is 0. The predicted octanol–water partition coefficient (Wildman–Crippen LogP) is 0.949. The van der Waals surface area contributed by atoms with E-state index in [2.05, 4.69) is 28.8 Å². The summed E-state index contributed by atoms with van der Waals surface area (Å²) in [5.74, 6) is 0.965. The van der Waals surface area contributed by atoms with Gasteiger partial charge >= 0.3 is 0 Å². The largest absolute Gasteiger partial charge is 0.326 e. The van der Waals surface area contributed by atoms with Crippen LogP contribution in [0.25, 0.3) is 0 Å². The van der Waals surface area contributed by atoms with Gasteiger partial charge in [-0.1, -0.05) is 6.42 Å². The number of hydrogen-bond donors (Lipinski definition) is 1. The molecule has 1 aromatic rings. The Labute approximate surface area is 109 Å². The molecule has 0 amide bonds. The Morgan fingerprint density at radius 1 is 1.33 bits per heavy atom. The molecule has 1 unspecified atom stereocenters. The first-order valence-electron chi connectivity index (χ1n) is 6.85. The average Bonchev–Trinajstić information content (AvgIpc) is 2.76. The highest BCUT2D eigenvalue weighted by Gasteiger charge is 2.34. The summed E-state index contributed by atoms with van der Waals surface area (Å²) in [7, 11) is 1.92. The normalized spacial score (nSPS) is 20.0. The lowest BCUT2D eigenvalue weighted by atomic mass is 9.88. The highest BCUT2D eigenvalue weighted by molar-refractivity contribution is 4.99. The molecule has 1 saturated heterocycles. The summed E-state index contributed by atoms with van der Waals surface area (Å²) in [5.41, 5.74) is 6.44. The van der Waals surface area contributed by atoms with E-state index in [1.54, 1.807) is 6.33 Å². The fourth-order valence-corrected chi connectivity index (χ4v) is 2.66. The lowest BCUT2D eigenvalue weighted by Gasteiger charge is -2.44. The molecule has 5 heteroatoms. The second-order valence-corrected chi connectivity index (χ2v) is 5.81. The van der Waals surface area contributed by atoms with Crippen molar-refractivity contribution >= 4 is 0 Å². The molecule has 2 heterocycles. The van der Waals surface area contributed by atoms with Gasteiger partial charge in [-0.25, -0.2) is 4.98 Å². The zero-order valence-corrected chi connectivity index (χ0v) is 11.8. The van der Waals surface area contributed by atoms with Crippen LogP contribution in [0.2, 0.25) is 0 Å². The Morgan fingerprint density at radius 2 is 2.00 bits per heavy atom. The Morgan fingerprint density at radius 3 is 2.56 bits per heavy atom. The molecule has 2 N–H and O–H groups in total.